The number of carbonyl (C=O) groups excluding carboxylic acids is 1. The van der Waals surface area contributed by atoms with Gasteiger partial charge in [0.1, 0.15) is 0 Å². The van der Waals surface area contributed by atoms with Gasteiger partial charge in [0, 0.05) is 6.42 Å². The lowest BCUT2D eigenvalue weighted by Gasteiger charge is -1.99. The molecule has 25 heavy (non-hydrogen) atoms. The summed E-state index contributed by atoms with van der Waals surface area (Å²) in [5.74, 6) is -0.102. The van der Waals surface area contributed by atoms with Crippen molar-refractivity contribution in [3.8, 4) is 0 Å². The van der Waals surface area contributed by atoms with Crippen molar-refractivity contribution < 1.29 is 9.53 Å². The van der Waals surface area contributed by atoms with Crippen LogP contribution in [0.3, 0.4) is 0 Å². The van der Waals surface area contributed by atoms with Gasteiger partial charge < -0.3 is 4.74 Å². The van der Waals surface area contributed by atoms with E-state index in [1.54, 1.807) is 0 Å². The third-order valence-electron chi connectivity index (χ3n) is 4.53. The molecule has 0 fully saturated rings. The van der Waals surface area contributed by atoms with Crippen LogP contribution in [0.4, 0.5) is 0 Å². The van der Waals surface area contributed by atoms with Gasteiger partial charge >= 0.3 is 5.97 Å². The molecule has 0 saturated heterocycles. The molecule has 0 bridgehead atoms. The molecule has 0 N–H and O–H groups in total. The van der Waals surface area contributed by atoms with Crippen molar-refractivity contribution in [1.29, 1.82) is 0 Å². The van der Waals surface area contributed by atoms with Crippen molar-refractivity contribution in [2.24, 2.45) is 0 Å². The number of unbranched alkanes of at least 4 members (excludes halogenated alkanes) is 12. The molecule has 0 aromatic carbocycles. The van der Waals surface area contributed by atoms with Gasteiger partial charge in [0.2, 0.25) is 0 Å². The molecule has 0 heterocycles. The normalized spacial score (nSPS) is 11.6. The molecule has 2 nitrogen and oxygen atoms in total. The second kappa shape index (κ2) is 21.0. The summed E-state index contributed by atoms with van der Waals surface area (Å²) in [6.45, 7) is 2.27. The van der Waals surface area contributed by atoms with Crippen LogP contribution in [0.25, 0.3) is 0 Å². The molecule has 0 atom stereocenters. The standard InChI is InChI=1S/C23H42O2/c1-3-4-5-6-7-8-9-10-11-12-13-14-15-16-17-18-19-20-21-22-23(24)25-2/h10-11,18-19H,3-9,12-17,20-22H2,1-2H3. The second-order valence-corrected chi connectivity index (χ2v) is 6.96. The van der Waals surface area contributed by atoms with E-state index in [2.05, 4.69) is 36.0 Å². The van der Waals surface area contributed by atoms with Gasteiger partial charge in [0.05, 0.1) is 7.11 Å². The first-order chi connectivity index (χ1) is 12.3. The summed E-state index contributed by atoms with van der Waals surface area (Å²) in [5.41, 5.74) is 0. The lowest BCUT2D eigenvalue weighted by atomic mass is 10.1. The Balaban J connectivity index is 3.17. The van der Waals surface area contributed by atoms with Gasteiger partial charge in [-0.25, -0.2) is 0 Å². The van der Waals surface area contributed by atoms with Crippen LogP contribution in [0.2, 0.25) is 0 Å². The van der Waals surface area contributed by atoms with Gasteiger partial charge in [-0.15, -0.1) is 0 Å². The molecule has 0 radical (unpaired) electrons. The zero-order chi connectivity index (χ0) is 18.4. The van der Waals surface area contributed by atoms with Crippen molar-refractivity contribution in [1.82, 2.24) is 0 Å². The Labute approximate surface area is 157 Å². The molecule has 0 aromatic heterocycles. The summed E-state index contributed by atoms with van der Waals surface area (Å²) in [6.07, 6.45) is 29.0. The Bertz CT molecular complexity index is 331. The molecule has 0 amide bonds. The molecule has 0 spiro atoms. The smallest absolute Gasteiger partial charge is 0.305 e. The quantitative estimate of drug-likeness (QED) is 0.145. The van der Waals surface area contributed by atoms with Crippen molar-refractivity contribution in [2.45, 2.75) is 110 Å². The summed E-state index contributed by atoms with van der Waals surface area (Å²) >= 11 is 0. The van der Waals surface area contributed by atoms with E-state index >= 15 is 0 Å². The molecule has 0 aliphatic rings. The highest BCUT2D eigenvalue weighted by atomic mass is 16.5. The highest BCUT2D eigenvalue weighted by molar-refractivity contribution is 5.68. The maximum absolute atomic E-state index is 10.9. The maximum atomic E-state index is 10.9. The fourth-order valence-corrected chi connectivity index (χ4v) is 2.86. The van der Waals surface area contributed by atoms with Crippen molar-refractivity contribution >= 4 is 5.97 Å². The van der Waals surface area contributed by atoms with E-state index in [1.807, 2.05) is 0 Å². The van der Waals surface area contributed by atoms with Crippen LogP contribution in [0.1, 0.15) is 110 Å². The lowest BCUT2D eigenvalue weighted by molar-refractivity contribution is -0.140. The predicted octanol–water partition coefficient (Wildman–Crippen LogP) is 7.53. The highest BCUT2D eigenvalue weighted by Gasteiger charge is 1.96. The minimum absolute atomic E-state index is 0.102. The van der Waals surface area contributed by atoms with Gasteiger partial charge in [-0.3, -0.25) is 4.79 Å². The SMILES string of the molecule is CCCCCCCCC=CCCCCCCC=CCCCC(=O)OC. The van der Waals surface area contributed by atoms with Crippen molar-refractivity contribution in [2.75, 3.05) is 7.11 Å². The Hall–Kier alpha value is -1.05. The zero-order valence-corrected chi connectivity index (χ0v) is 16.9. The fourth-order valence-electron chi connectivity index (χ4n) is 2.86. The van der Waals surface area contributed by atoms with Crippen LogP contribution in [0, 0.1) is 0 Å². The van der Waals surface area contributed by atoms with Crippen LogP contribution in [0.15, 0.2) is 24.3 Å². The van der Waals surface area contributed by atoms with E-state index in [1.165, 1.54) is 90.6 Å². The average molecular weight is 351 g/mol. The molecule has 0 rings (SSSR count). The number of ether oxygens (including phenoxy) is 1. The van der Waals surface area contributed by atoms with Crippen LogP contribution in [-0.4, -0.2) is 13.1 Å². The Morgan fingerprint density at radius 1 is 0.640 bits per heavy atom. The monoisotopic (exact) mass is 350 g/mol. The molecular weight excluding hydrogens is 308 g/mol. The summed E-state index contributed by atoms with van der Waals surface area (Å²) in [6, 6.07) is 0. The largest absolute Gasteiger partial charge is 0.469 e. The van der Waals surface area contributed by atoms with Crippen molar-refractivity contribution in [3.05, 3.63) is 24.3 Å². The zero-order valence-electron chi connectivity index (χ0n) is 16.9. The first kappa shape index (κ1) is 23.9. The number of allylic oxidation sites excluding steroid dienone is 4. The Morgan fingerprint density at radius 3 is 1.48 bits per heavy atom. The molecular formula is C23H42O2. The molecule has 0 aromatic rings. The van der Waals surface area contributed by atoms with Gasteiger partial charge in [-0.05, 0) is 51.4 Å². The number of rotatable bonds is 18. The maximum Gasteiger partial charge on any atom is 0.305 e. The molecule has 0 saturated carbocycles. The summed E-state index contributed by atoms with van der Waals surface area (Å²) in [7, 11) is 1.45. The molecule has 2 heteroatoms. The number of hydrogen-bond donors (Lipinski definition) is 0. The number of carbonyl (C=O) groups is 1. The minimum Gasteiger partial charge on any atom is -0.469 e. The number of esters is 1. The second-order valence-electron chi connectivity index (χ2n) is 6.96. The highest BCUT2D eigenvalue weighted by Crippen LogP contribution is 2.09. The minimum atomic E-state index is -0.102. The summed E-state index contributed by atoms with van der Waals surface area (Å²) in [4.78, 5) is 10.9. The number of methoxy groups -OCH3 is 1. The first-order valence-electron chi connectivity index (χ1n) is 10.7. The van der Waals surface area contributed by atoms with Gasteiger partial charge in [0.25, 0.3) is 0 Å². The molecule has 0 aliphatic carbocycles. The summed E-state index contributed by atoms with van der Waals surface area (Å²) in [5, 5.41) is 0. The van der Waals surface area contributed by atoms with E-state index in [9.17, 15) is 4.79 Å². The van der Waals surface area contributed by atoms with E-state index in [0.717, 1.165) is 12.8 Å². The van der Waals surface area contributed by atoms with Gasteiger partial charge in [-0.1, -0.05) is 76.2 Å². The Morgan fingerprint density at radius 2 is 1.04 bits per heavy atom. The summed E-state index contributed by atoms with van der Waals surface area (Å²) < 4.78 is 4.62. The molecule has 0 unspecified atom stereocenters. The number of hydrogen-bond acceptors (Lipinski definition) is 2. The van der Waals surface area contributed by atoms with Gasteiger partial charge in [-0.2, -0.15) is 0 Å². The van der Waals surface area contributed by atoms with Gasteiger partial charge in [0.15, 0.2) is 0 Å². The average Bonchev–Trinajstić information content (AvgIpc) is 2.63. The topological polar surface area (TPSA) is 26.3 Å². The van der Waals surface area contributed by atoms with Crippen LogP contribution in [-0.2, 0) is 9.53 Å². The fraction of sp³-hybridized carbons (Fsp3) is 0.783. The lowest BCUT2D eigenvalue weighted by Crippen LogP contribution is -1.98. The molecule has 146 valence electrons. The Kier molecular flexibility index (Phi) is 20.1. The van der Waals surface area contributed by atoms with E-state index in [-0.39, 0.29) is 5.97 Å². The van der Waals surface area contributed by atoms with Crippen LogP contribution < -0.4 is 0 Å². The van der Waals surface area contributed by atoms with E-state index < -0.39 is 0 Å². The molecule has 0 aliphatic heterocycles. The third-order valence-corrected chi connectivity index (χ3v) is 4.53. The van der Waals surface area contributed by atoms with Crippen LogP contribution >= 0.6 is 0 Å². The van der Waals surface area contributed by atoms with Crippen LogP contribution in [0.5, 0.6) is 0 Å². The first-order valence-corrected chi connectivity index (χ1v) is 10.7. The van der Waals surface area contributed by atoms with E-state index in [4.69, 9.17) is 0 Å². The van der Waals surface area contributed by atoms with E-state index in [0.29, 0.717) is 6.42 Å². The third kappa shape index (κ3) is 20.9. The predicted molar refractivity (Wildman–Crippen MR) is 110 cm³/mol. The van der Waals surface area contributed by atoms with Crippen molar-refractivity contribution in [3.63, 3.8) is 0 Å².